The maximum Gasteiger partial charge on any atom is 0.0782 e. The highest BCUT2D eigenvalue weighted by molar-refractivity contribution is 7.25. The molecule has 0 amide bonds. The van der Waals surface area contributed by atoms with Gasteiger partial charge in [0.05, 0.1) is 22.2 Å². The third kappa shape index (κ3) is 4.29. The molecule has 0 unspecified atom stereocenters. The molecule has 0 saturated carbocycles. The number of nitrogens with zero attached hydrogens (tertiary/aromatic N) is 2. The molecule has 0 saturated heterocycles. The van der Waals surface area contributed by atoms with Gasteiger partial charge < -0.3 is 9.30 Å². The van der Waals surface area contributed by atoms with Gasteiger partial charge in [0.15, 0.2) is 0 Å². The second-order valence-corrected chi connectivity index (χ2v) is 14.4. The fraction of sp³-hybridized carbons (Fsp3) is 0. The van der Waals surface area contributed by atoms with Gasteiger partial charge in [0.1, 0.15) is 0 Å². The summed E-state index contributed by atoms with van der Waals surface area (Å²) in [4.78, 5) is 2.46. The van der Waals surface area contributed by atoms with Gasteiger partial charge >= 0.3 is 0 Å². The number of para-hydroxylation sites is 3. The Bertz CT molecular complexity index is 3060. The molecule has 11 rings (SSSR count). The lowest BCUT2D eigenvalue weighted by atomic mass is 10.0. The van der Waals surface area contributed by atoms with E-state index in [1.165, 1.54) is 80.5 Å². The number of hydrogen-bond acceptors (Lipinski definition) is 2. The minimum atomic E-state index is 1.12. The molecule has 0 spiro atoms. The summed E-state index contributed by atoms with van der Waals surface area (Å²) in [5, 5.41) is 7.70. The summed E-state index contributed by atoms with van der Waals surface area (Å²) >= 11 is 1.87. The Morgan fingerprint density at radius 2 is 0.941 bits per heavy atom. The van der Waals surface area contributed by atoms with Gasteiger partial charge in [-0.2, -0.15) is 0 Å². The normalized spacial score (nSPS) is 11.9. The summed E-state index contributed by atoms with van der Waals surface area (Å²) in [6, 6.07) is 66.6. The van der Waals surface area contributed by atoms with Crippen LogP contribution in [0.4, 0.5) is 17.1 Å². The number of anilines is 3. The van der Waals surface area contributed by atoms with Crippen LogP contribution in [0.3, 0.4) is 0 Å². The van der Waals surface area contributed by atoms with Gasteiger partial charge in [0.25, 0.3) is 0 Å². The summed E-state index contributed by atoms with van der Waals surface area (Å²) in [5.74, 6) is 0. The summed E-state index contributed by atoms with van der Waals surface area (Å²) in [7, 11) is 0. The molecule has 11 aromatic rings. The minimum Gasteiger partial charge on any atom is -0.308 e. The molecule has 3 heteroatoms. The number of benzene rings is 8. The lowest BCUT2D eigenvalue weighted by Crippen LogP contribution is -2.11. The van der Waals surface area contributed by atoms with E-state index in [1.54, 1.807) is 0 Å². The number of aromatic nitrogens is 1. The highest BCUT2D eigenvalue weighted by atomic mass is 32.1. The van der Waals surface area contributed by atoms with Crippen molar-refractivity contribution in [3.63, 3.8) is 0 Å². The molecule has 0 atom stereocenters. The fourth-order valence-electron chi connectivity index (χ4n) is 8.21. The monoisotopic (exact) mass is 666 g/mol. The first-order chi connectivity index (χ1) is 25.3. The van der Waals surface area contributed by atoms with Crippen LogP contribution < -0.4 is 4.90 Å². The van der Waals surface area contributed by atoms with E-state index in [9.17, 15) is 0 Å². The Labute approximate surface area is 299 Å². The minimum absolute atomic E-state index is 1.12. The van der Waals surface area contributed by atoms with Crippen molar-refractivity contribution in [1.29, 1.82) is 0 Å². The lowest BCUT2D eigenvalue weighted by molar-refractivity contribution is 1.27. The summed E-state index contributed by atoms with van der Waals surface area (Å²) in [6.07, 6.45) is 0. The Hall–Kier alpha value is -6.42. The quantitative estimate of drug-likeness (QED) is 0.177. The molecule has 0 N–H and O–H groups in total. The highest BCUT2D eigenvalue weighted by Gasteiger charge is 2.23. The SMILES string of the molecule is c1ccc(-c2ccc(N(c3ccc4sc5cc(-c6ccccc6)ccc5c4c3)c3cccc4c5cccc6c7ccccc7n(c34)c65)cc2)cc1. The van der Waals surface area contributed by atoms with Crippen LogP contribution >= 0.6 is 11.3 Å². The number of thiophene rings is 1. The van der Waals surface area contributed by atoms with Crippen molar-refractivity contribution in [1.82, 2.24) is 4.40 Å². The van der Waals surface area contributed by atoms with Gasteiger partial charge in [-0.15, -0.1) is 11.3 Å². The van der Waals surface area contributed by atoms with E-state index in [1.807, 2.05) is 11.3 Å². The fourth-order valence-corrected chi connectivity index (χ4v) is 9.33. The first-order valence-corrected chi connectivity index (χ1v) is 18.3. The number of hydrogen-bond donors (Lipinski definition) is 0. The zero-order chi connectivity index (χ0) is 33.5. The van der Waals surface area contributed by atoms with Crippen LogP contribution in [0.5, 0.6) is 0 Å². The van der Waals surface area contributed by atoms with Crippen molar-refractivity contribution in [2.45, 2.75) is 0 Å². The molecule has 0 aliphatic heterocycles. The molecule has 8 aromatic carbocycles. The van der Waals surface area contributed by atoms with Gasteiger partial charge in [0.2, 0.25) is 0 Å². The van der Waals surface area contributed by atoms with E-state index in [2.05, 4.69) is 191 Å². The van der Waals surface area contributed by atoms with E-state index in [-0.39, 0.29) is 0 Å². The Balaban J connectivity index is 1.17. The molecular formula is C48H30N2S. The van der Waals surface area contributed by atoms with Crippen molar-refractivity contribution in [3.05, 3.63) is 182 Å². The molecule has 3 aromatic heterocycles. The highest BCUT2D eigenvalue weighted by Crippen LogP contribution is 2.47. The largest absolute Gasteiger partial charge is 0.308 e. The second-order valence-electron chi connectivity index (χ2n) is 13.3. The van der Waals surface area contributed by atoms with Crippen molar-refractivity contribution in [3.8, 4) is 22.3 Å². The van der Waals surface area contributed by atoms with Gasteiger partial charge in [-0.05, 0) is 70.8 Å². The lowest BCUT2D eigenvalue weighted by Gasteiger charge is -2.27. The predicted octanol–water partition coefficient (Wildman–Crippen LogP) is 14.0. The van der Waals surface area contributed by atoms with Crippen molar-refractivity contribution < 1.29 is 0 Å². The summed E-state index contributed by atoms with van der Waals surface area (Å²) in [5.41, 5.74) is 12.1. The van der Waals surface area contributed by atoms with Gasteiger partial charge in [0, 0.05) is 53.1 Å². The first kappa shape index (κ1) is 28.4. The summed E-state index contributed by atoms with van der Waals surface area (Å²) < 4.78 is 5.10. The topological polar surface area (TPSA) is 7.65 Å². The smallest absolute Gasteiger partial charge is 0.0782 e. The van der Waals surface area contributed by atoms with E-state index in [0.29, 0.717) is 0 Å². The molecular weight excluding hydrogens is 637 g/mol. The molecule has 2 nitrogen and oxygen atoms in total. The molecule has 238 valence electrons. The van der Waals surface area contributed by atoms with Crippen LogP contribution in [0.25, 0.3) is 80.5 Å². The van der Waals surface area contributed by atoms with E-state index in [4.69, 9.17) is 0 Å². The van der Waals surface area contributed by atoms with Crippen molar-refractivity contribution in [2.24, 2.45) is 0 Å². The summed E-state index contributed by atoms with van der Waals surface area (Å²) in [6.45, 7) is 0. The molecule has 0 radical (unpaired) electrons. The van der Waals surface area contributed by atoms with Gasteiger partial charge in [-0.25, -0.2) is 0 Å². The molecule has 0 fully saturated rings. The van der Waals surface area contributed by atoms with E-state index in [0.717, 1.165) is 17.1 Å². The molecule has 0 bridgehead atoms. The second kappa shape index (κ2) is 11.0. The first-order valence-electron chi connectivity index (χ1n) is 17.4. The van der Waals surface area contributed by atoms with Crippen LogP contribution in [-0.4, -0.2) is 4.40 Å². The average molecular weight is 667 g/mol. The molecule has 3 heterocycles. The van der Waals surface area contributed by atoms with E-state index < -0.39 is 0 Å². The number of fused-ring (bicyclic) bond motifs is 9. The zero-order valence-corrected chi connectivity index (χ0v) is 28.4. The van der Waals surface area contributed by atoms with Crippen LogP contribution in [0.1, 0.15) is 0 Å². The number of rotatable bonds is 5. The zero-order valence-electron chi connectivity index (χ0n) is 27.6. The maximum atomic E-state index is 2.50. The predicted molar refractivity (Wildman–Crippen MR) is 220 cm³/mol. The Morgan fingerprint density at radius 3 is 1.73 bits per heavy atom. The van der Waals surface area contributed by atoms with Gasteiger partial charge in [-0.3, -0.25) is 0 Å². The molecule has 0 aliphatic rings. The van der Waals surface area contributed by atoms with Crippen molar-refractivity contribution >= 4 is 86.7 Å². The third-order valence-electron chi connectivity index (χ3n) is 10.5. The maximum absolute atomic E-state index is 2.50. The third-order valence-corrected chi connectivity index (χ3v) is 11.7. The van der Waals surface area contributed by atoms with Crippen LogP contribution in [0.15, 0.2) is 182 Å². The Kier molecular flexibility index (Phi) is 6.16. The van der Waals surface area contributed by atoms with Crippen molar-refractivity contribution in [2.75, 3.05) is 4.90 Å². The van der Waals surface area contributed by atoms with Crippen LogP contribution in [0.2, 0.25) is 0 Å². The molecule has 0 aliphatic carbocycles. The Morgan fingerprint density at radius 1 is 0.353 bits per heavy atom. The van der Waals surface area contributed by atoms with Gasteiger partial charge in [-0.1, -0.05) is 133 Å². The van der Waals surface area contributed by atoms with E-state index >= 15 is 0 Å². The standard InChI is InChI=1S/C48H30N2S/c1-3-11-31(12-4-1)33-21-24-35(25-22-33)49(36-26-28-45-42(30-36)38-27-23-34(29-46(38)51-45)32-13-5-2-6-14-32)44-20-10-18-41-40-17-9-16-39-37-15-7-8-19-43(37)50(47(39)40)48(41)44/h1-30H. The molecule has 51 heavy (non-hydrogen) atoms. The average Bonchev–Trinajstić information content (AvgIpc) is 3.86. The van der Waals surface area contributed by atoms with Crippen LogP contribution in [-0.2, 0) is 0 Å². The van der Waals surface area contributed by atoms with Crippen LogP contribution in [0, 0.1) is 0 Å².